The lowest BCUT2D eigenvalue weighted by molar-refractivity contribution is 0.0955. The van der Waals surface area contributed by atoms with Crippen molar-refractivity contribution in [2.24, 2.45) is 12.1 Å². The molecule has 0 saturated carbocycles. The Hall–Kier alpha value is -3.48. The average molecular weight is 335 g/mol. The van der Waals surface area contributed by atoms with Gasteiger partial charge < -0.3 is 0 Å². The Morgan fingerprint density at radius 1 is 1.16 bits per heavy atom. The summed E-state index contributed by atoms with van der Waals surface area (Å²) in [7, 11) is 1.80. The van der Waals surface area contributed by atoms with Gasteiger partial charge in [0.05, 0.1) is 17.5 Å². The zero-order chi connectivity index (χ0) is 17.8. The molecule has 2 aromatic heterocycles. The van der Waals surface area contributed by atoms with Crippen molar-refractivity contribution in [2.75, 3.05) is 0 Å². The maximum Gasteiger partial charge on any atom is 0.280 e. The SMILES string of the molecule is Cc1c(/C=N/NC(=O)c2ccncc2)c(=O)n(-c2ccccc2)n1C. The van der Waals surface area contributed by atoms with Crippen LogP contribution >= 0.6 is 0 Å². The number of pyridine rings is 1. The Kier molecular flexibility index (Phi) is 4.56. The molecule has 0 atom stereocenters. The summed E-state index contributed by atoms with van der Waals surface area (Å²) in [5, 5.41) is 3.92. The fourth-order valence-corrected chi connectivity index (χ4v) is 2.46. The van der Waals surface area contributed by atoms with E-state index in [2.05, 4.69) is 15.5 Å². The first-order valence-corrected chi connectivity index (χ1v) is 7.67. The number of rotatable bonds is 4. The van der Waals surface area contributed by atoms with Crippen LogP contribution in [0.1, 0.15) is 21.6 Å². The predicted molar refractivity (Wildman–Crippen MR) is 95.0 cm³/mol. The molecule has 1 N–H and O–H groups in total. The minimum absolute atomic E-state index is 0.201. The van der Waals surface area contributed by atoms with Crippen LogP contribution in [0, 0.1) is 6.92 Å². The molecule has 0 unspecified atom stereocenters. The van der Waals surface area contributed by atoms with Crippen LogP contribution in [0.25, 0.3) is 5.69 Å². The summed E-state index contributed by atoms with van der Waals surface area (Å²) in [4.78, 5) is 28.5. The topological polar surface area (TPSA) is 81.3 Å². The number of carbonyl (C=O) groups excluding carboxylic acids is 1. The molecule has 2 heterocycles. The molecule has 0 bridgehead atoms. The average Bonchev–Trinajstić information content (AvgIpc) is 2.86. The summed E-state index contributed by atoms with van der Waals surface area (Å²) in [5.74, 6) is -0.365. The van der Waals surface area contributed by atoms with Crippen molar-refractivity contribution in [1.29, 1.82) is 0 Å². The summed E-state index contributed by atoms with van der Waals surface area (Å²) in [6, 6.07) is 12.5. The smallest absolute Gasteiger partial charge is 0.280 e. The zero-order valence-corrected chi connectivity index (χ0v) is 13.9. The zero-order valence-electron chi connectivity index (χ0n) is 13.9. The van der Waals surface area contributed by atoms with E-state index in [9.17, 15) is 9.59 Å². The van der Waals surface area contributed by atoms with Crippen LogP contribution < -0.4 is 11.0 Å². The van der Waals surface area contributed by atoms with Crippen LogP contribution in [0.15, 0.2) is 64.8 Å². The van der Waals surface area contributed by atoms with Crippen LogP contribution in [-0.2, 0) is 7.05 Å². The number of aromatic nitrogens is 3. The molecule has 0 spiro atoms. The highest BCUT2D eigenvalue weighted by atomic mass is 16.2. The van der Waals surface area contributed by atoms with Gasteiger partial charge in [-0.25, -0.2) is 10.1 Å². The van der Waals surface area contributed by atoms with Gasteiger partial charge in [-0.1, -0.05) is 18.2 Å². The molecule has 0 saturated heterocycles. The summed E-state index contributed by atoms with van der Waals surface area (Å²) >= 11 is 0. The summed E-state index contributed by atoms with van der Waals surface area (Å²) < 4.78 is 3.31. The Morgan fingerprint density at radius 2 is 1.84 bits per heavy atom. The van der Waals surface area contributed by atoms with Crippen molar-refractivity contribution in [2.45, 2.75) is 6.92 Å². The van der Waals surface area contributed by atoms with Gasteiger partial charge in [-0.3, -0.25) is 19.3 Å². The monoisotopic (exact) mass is 335 g/mol. The number of carbonyl (C=O) groups is 1. The van der Waals surface area contributed by atoms with Crippen molar-refractivity contribution in [1.82, 2.24) is 19.8 Å². The predicted octanol–water partition coefficient (Wildman–Crippen LogP) is 1.64. The van der Waals surface area contributed by atoms with Gasteiger partial charge in [-0.15, -0.1) is 0 Å². The maximum absolute atomic E-state index is 12.7. The van der Waals surface area contributed by atoms with Gasteiger partial charge >= 0.3 is 0 Å². The number of benzene rings is 1. The van der Waals surface area contributed by atoms with Crippen molar-refractivity contribution >= 4 is 12.1 Å². The minimum atomic E-state index is -0.365. The molecule has 3 aromatic rings. The Labute approximate surface area is 144 Å². The number of nitrogens with one attached hydrogen (secondary N) is 1. The third-order valence-corrected chi connectivity index (χ3v) is 3.90. The minimum Gasteiger partial charge on any atom is -0.285 e. The summed E-state index contributed by atoms with van der Waals surface area (Å²) in [6.45, 7) is 1.83. The van der Waals surface area contributed by atoms with Gasteiger partial charge in [-0.05, 0) is 31.2 Å². The molecule has 7 nitrogen and oxygen atoms in total. The van der Waals surface area contributed by atoms with E-state index in [0.29, 0.717) is 11.1 Å². The number of hydrazone groups is 1. The molecule has 126 valence electrons. The van der Waals surface area contributed by atoms with E-state index in [0.717, 1.165) is 11.4 Å². The van der Waals surface area contributed by atoms with Crippen LogP contribution in [-0.4, -0.2) is 26.5 Å². The van der Waals surface area contributed by atoms with Gasteiger partial charge in [0.1, 0.15) is 0 Å². The first-order valence-electron chi connectivity index (χ1n) is 7.67. The normalized spacial score (nSPS) is 11.0. The van der Waals surface area contributed by atoms with Crippen LogP contribution in [0.4, 0.5) is 0 Å². The van der Waals surface area contributed by atoms with Crippen LogP contribution in [0.2, 0.25) is 0 Å². The van der Waals surface area contributed by atoms with Crippen molar-refractivity contribution < 1.29 is 4.79 Å². The third kappa shape index (κ3) is 3.25. The summed E-state index contributed by atoms with van der Waals surface area (Å²) in [6.07, 6.45) is 4.42. The van der Waals surface area contributed by atoms with E-state index in [1.807, 2.05) is 37.3 Å². The van der Waals surface area contributed by atoms with E-state index in [1.54, 1.807) is 28.5 Å². The second-order valence-electron chi connectivity index (χ2n) is 5.41. The van der Waals surface area contributed by atoms with Gasteiger partial charge in [-0.2, -0.15) is 5.10 Å². The highest BCUT2D eigenvalue weighted by Gasteiger charge is 2.14. The molecular weight excluding hydrogens is 318 g/mol. The lowest BCUT2D eigenvalue weighted by Crippen LogP contribution is -2.21. The Morgan fingerprint density at radius 3 is 2.52 bits per heavy atom. The van der Waals surface area contributed by atoms with Crippen LogP contribution in [0.3, 0.4) is 0 Å². The highest BCUT2D eigenvalue weighted by molar-refractivity contribution is 5.94. The van der Waals surface area contributed by atoms with E-state index in [4.69, 9.17) is 0 Å². The van der Waals surface area contributed by atoms with Gasteiger partial charge in [0, 0.05) is 30.7 Å². The first kappa shape index (κ1) is 16.4. The third-order valence-electron chi connectivity index (χ3n) is 3.90. The molecule has 0 radical (unpaired) electrons. The number of amides is 1. The maximum atomic E-state index is 12.7. The van der Waals surface area contributed by atoms with Crippen molar-refractivity contribution in [3.63, 3.8) is 0 Å². The molecule has 7 heteroatoms. The first-order chi connectivity index (χ1) is 12.1. The lowest BCUT2D eigenvalue weighted by atomic mass is 10.2. The molecule has 0 aliphatic carbocycles. The van der Waals surface area contributed by atoms with Gasteiger partial charge in [0.25, 0.3) is 11.5 Å². The quantitative estimate of drug-likeness (QED) is 0.581. The molecule has 25 heavy (non-hydrogen) atoms. The molecular formula is C18H17N5O2. The number of para-hydroxylation sites is 1. The van der Waals surface area contributed by atoms with E-state index >= 15 is 0 Å². The Balaban J connectivity index is 1.86. The molecule has 0 fully saturated rings. The second-order valence-corrected chi connectivity index (χ2v) is 5.41. The van der Waals surface area contributed by atoms with Gasteiger partial charge in [0.2, 0.25) is 0 Å². The summed E-state index contributed by atoms with van der Waals surface area (Å²) in [5.41, 5.74) is 4.58. The lowest BCUT2D eigenvalue weighted by Gasteiger charge is -2.07. The van der Waals surface area contributed by atoms with E-state index < -0.39 is 0 Å². The standard InChI is InChI=1S/C18H17N5O2/c1-13-16(12-20-21-17(24)14-8-10-19-11-9-14)18(25)23(22(13)2)15-6-4-3-5-7-15/h3-12H,1-2H3,(H,21,24)/b20-12+. The number of hydrogen-bond acceptors (Lipinski definition) is 4. The molecule has 1 amide bonds. The molecule has 1 aromatic carbocycles. The van der Waals surface area contributed by atoms with E-state index in [-0.39, 0.29) is 11.5 Å². The van der Waals surface area contributed by atoms with Crippen molar-refractivity contribution in [3.8, 4) is 5.69 Å². The fraction of sp³-hybridized carbons (Fsp3) is 0.111. The van der Waals surface area contributed by atoms with E-state index in [1.165, 1.54) is 18.6 Å². The number of nitrogens with zero attached hydrogens (tertiary/aromatic N) is 4. The number of hydrogen-bond donors (Lipinski definition) is 1. The fourth-order valence-electron chi connectivity index (χ4n) is 2.46. The second kappa shape index (κ2) is 6.96. The molecule has 0 aliphatic heterocycles. The largest absolute Gasteiger partial charge is 0.285 e. The van der Waals surface area contributed by atoms with Crippen molar-refractivity contribution in [3.05, 3.63) is 82.0 Å². The molecule has 0 aliphatic rings. The molecule has 3 rings (SSSR count). The van der Waals surface area contributed by atoms with Crippen LogP contribution in [0.5, 0.6) is 0 Å². The van der Waals surface area contributed by atoms with Gasteiger partial charge in [0.15, 0.2) is 0 Å². The Bertz CT molecular complexity index is 972. The highest BCUT2D eigenvalue weighted by Crippen LogP contribution is 2.08.